The zero-order valence-electron chi connectivity index (χ0n) is 11.3. The van der Waals surface area contributed by atoms with Crippen molar-refractivity contribution in [3.05, 3.63) is 30.6 Å². The molecule has 0 aliphatic carbocycles. The molecule has 1 aliphatic heterocycles. The van der Waals surface area contributed by atoms with Crippen LogP contribution in [0.4, 0.5) is 5.82 Å². The van der Waals surface area contributed by atoms with Crippen molar-refractivity contribution >= 4 is 16.7 Å². The van der Waals surface area contributed by atoms with Gasteiger partial charge in [0, 0.05) is 18.5 Å². The number of fused-ring (bicyclic) bond motifs is 1. The van der Waals surface area contributed by atoms with Gasteiger partial charge in [0.05, 0.1) is 5.52 Å². The second-order valence-corrected chi connectivity index (χ2v) is 5.37. The van der Waals surface area contributed by atoms with Gasteiger partial charge in [0.15, 0.2) is 0 Å². The predicted molar refractivity (Wildman–Crippen MR) is 78.2 cm³/mol. The zero-order valence-corrected chi connectivity index (χ0v) is 11.3. The number of hydrogen-bond donors (Lipinski definition) is 1. The van der Waals surface area contributed by atoms with E-state index in [4.69, 9.17) is 0 Å². The van der Waals surface area contributed by atoms with Crippen LogP contribution in [-0.2, 0) is 0 Å². The summed E-state index contributed by atoms with van der Waals surface area (Å²) >= 11 is 0. The van der Waals surface area contributed by atoms with E-state index in [0.29, 0.717) is 0 Å². The van der Waals surface area contributed by atoms with Crippen LogP contribution >= 0.6 is 0 Å². The van der Waals surface area contributed by atoms with Crippen LogP contribution in [0.3, 0.4) is 0 Å². The van der Waals surface area contributed by atoms with Crippen LogP contribution in [0.1, 0.15) is 12.8 Å². The Bertz CT molecular complexity index is 549. The SMILES string of the molecule is CN1CCC(CCNc2ncnc3ccccc23)C1. The summed E-state index contributed by atoms with van der Waals surface area (Å²) in [6.07, 6.45) is 4.17. The number of likely N-dealkylation sites (tertiary alicyclic amines) is 1. The molecule has 2 heterocycles. The van der Waals surface area contributed by atoms with Gasteiger partial charge in [0.1, 0.15) is 12.1 Å². The molecule has 1 atom stereocenters. The van der Waals surface area contributed by atoms with Gasteiger partial charge < -0.3 is 10.2 Å². The normalized spacial score (nSPS) is 19.9. The first-order valence-corrected chi connectivity index (χ1v) is 6.95. The molecule has 0 bridgehead atoms. The van der Waals surface area contributed by atoms with E-state index in [1.807, 2.05) is 18.2 Å². The molecular formula is C15H20N4. The maximum absolute atomic E-state index is 4.35. The number of nitrogens with one attached hydrogen (secondary N) is 1. The van der Waals surface area contributed by atoms with Crippen LogP contribution in [0.25, 0.3) is 10.9 Å². The van der Waals surface area contributed by atoms with E-state index < -0.39 is 0 Å². The molecule has 2 aromatic rings. The Kier molecular flexibility index (Phi) is 3.60. The summed E-state index contributed by atoms with van der Waals surface area (Å²) in [5.74, 6) is 1.78. The van der Waals surface area contributed by atoms with E-state index in [1.165, 1.54) is 25.9 Å². The van der Waals surface area contributed by atoms with Crippen molar-refractivity contribution in [3.8, 4) is 0 Å². The lowest BCUT2D eigenvalue weighted by molar-refractivity contribution is 0.390. The van der Waals surface area contributed by atoms with Crippen molar-refractivity contribution in [2.75, 3.05) is 32.0 Å². The van der Waals surface area contributed by atoms with E-state index >= 15 is 0 Å². The van der Waals surface area contributed by atoms with E-state index in [1.54, 1.807) is 6.33 Å². The summed E-state index contributed by atoms with van der Waals surface area (Å²) in [4.78, 5) is 11.0. The van der Waals surface area contributed by atoms with Crippen molar-refractivity contribution in [2.24, 2.45) is 5.92 Å². The summed E-state index contributed by atoms with van der Waals surface area (Å²) in [6.45, 7) is 3.45. The average Bonchev–Trinajstić information content (AvgIpc) is 2.85. The third-order valence-electron chi connectivity index (χ3n) is 3.88. The number of nitrogens with zero attached hydrogens (tertiary/aromatic N) is 3. The van der Waals surface area contributed by atoms with E-state index in [-0.39, 0.29) is 0 Å². The molecule has 100 valence electrons. The smallest absolute Gasteiger partial charge is 0.137 e. The Morgan fingerprint density at radius 3 is 3.05 bits per heavy atom. The molecule has 0 saturated carbocycles. The number of aromatic nitrogens is 2. The maximum Gasteiger partial charge on any atom is 0.137 e. The predicted octanol–water partition coefficient (Wildman–Crippen LogP) is 2.38. The van der Waals surface area contributed by atoms with E-state index in [0.717, 1.165) is 29.2 Å². The first-order chi connectivity index (χ1) is 9.33. The lowest BCUT2D eigenvalue weighted by Gasteiger charge is -2.12. The van der Waals surface area contributed by atoms with Crippen LogP contribution in [0.2, 0.25) is 0 Å². The highest BCUT2D eigenvalue weighted by molar-refractivity contribution is 5.88. The van der Waals surface area contributed by atoms with Gasteiger partial charge in [0.25, 0.3) is 0 Å². The van der Waals surface area contributed by atoms with Crippen LogP contribution < -0.4 is 5.32 Å². The third kappa shape index (κ3) is 2.84. The zero-order chi connectivity index (χ0) is 13.1. The first-order valence-electron chi connectivity index (χ1n) is 6.95. The molecule has 1 unspecified atom stereocenters. The summed E-state index contributed by atoms with van der Waals surface area (Å²) in [5, 5.41) is 4.56. The molecule has 1 fully saturated rings. The maximum atomic E-state index is 4.35. The standard InChI is InChI=1S/C15H20N4/c1-19-9-7-12(10-19)6-8-16-15-13-4-2-3-5-14(13)17-11-18-15/h2-5,11-12H,6-10H2,1H3,(H,16,17,18). The summed E-state index contributed by atoms with van der Waals surface area (Å²) in [5.41, 5.74) is 1.00. The van der Waals surface area contributed by atoms with E-state index in [2.05, 4.69) is 33.3 Å². The fourth-order valence-electron chi connectivity index (χ4n) is 2.80. The monoisotopic (exact) mass is 256 g/mol. The van der Waals surface area contributed by atoms with Crippen molar-refractivity contribution in [1.82, 2.24) is 14.9 Å². The topological polar surface area (TPSA) is 41.0 Å². The van der Waals surface area contributed by atoms with Gasteiger partial charge in [-0.25, -0.2) is 9.97 Å². The Morgan fingerprint density at radius 2 is 2.21 bits per heavy atom. The Hall–Kier alpha value is -1.68. The molecule has 1 saturated heterocycles. The lowest BCUT2D eigenvalue weighted by Crippen LogP contribution is -2.16. The minimum absolute atomic E-state index is 0.825. The molecule has 1 aliphatic rings. The summed E-state index contributed by atoms with van der Waals surface area (Å²) in [6, 6.07) is 8.13. The van der Waals surface area contributed by atoms with Crippen molar-refractivity contribution in [3.63, 3.8) is 0 Å². The fraction of sp³-hybridized carbons (Fsp3) is 0.467. The van der Waals surface area contributed by atoms with Gasteiger partial charge in [0.2, 0.25) is 0 Å². The number of benzene rings is 1. The molecule has 0 amide bonds. The highest BCUT2D eigenvalue weighted by Crippen LogP contribution is 2.20. The Labute approximate surface area is 113 Å². The van der Waals surface area contributed by atoms with Crippen LogP contribution in [-0.4, -0.2) is 41.5 Å². The van der Waals surface area contributed by atoms with Gasteiger partial charge in [-0.1, -0.05) is 12.1 Å². The van der Waals surface area contributed by atoms with Gasteiger partial charge in [-0.2, -0.15) is 0 Å². The minimum atomic E-state index is 0.825. The summed E-state index contributed by atoms with van der Waals surface area (Å²) in [7, 11) is 2.20. The van der Waals surface area contributed by atoms with Crippen molar-refractivity contribution in [1.29, 1.82) is 0 Å². The molecule has 0 spiro atoms. The second kappa shape index (κ2) is 5.53. The molecule has 3 rings (SSSR count). The first kappa shape index (κ1) is 12.4. The number of para-hydroxylation sites is 1. The molecule has 19 heavy (non-hydrogen) atoms. The summed E-state index contributed by atoms with van der Waals surface area (Å²) < 4.78 is 0. The van der Waals surface area contributed by atoms with Crippen LogP contribution in [0.5, 0.6) is 0 Å². The number of anilines is 1. The van der Waals surface area contributed by atoms with Crippen molar-refractivity contribution < 1.29 is 0 Å². The second-order valence-electron chi connectivity index (χ2n) is 5.37. The van der Waals surface area contributed by atoms with Crippen LogP contribution in [0, 0.1) is 5.92 Å². The number of hydrogen-bond acceptors (Lipinski definition) is 4. The largest absolute Gasteiger partial charge is 0.369 e. The highest BCUT2D eigenvalue weighted by atomic mass is 15.1. The van der Waals surface area contributed by atoms with Crippen LogP contribution in [0.15, 0.2) is 30.6 Å². The van der Waals surface area contributed by atoms with Gasteiger partial charge in [-0.05, 0) is 44.5 Å². The molecule has 0 radical (unpaired) electrons. The minimum Gasteiger partial charge on any atom is -0.369 e. The highest BCUT2D eigenvalue weighted by Gasteiger charge is 2.18. The molecule has 1 aromatic carbocycles. The molecule has 1 aromatic heterocycles. The molecular weight excluding hydrogens is 236 g/mol. The van der Waals surface area contributed by atoms with Gasteiger partial charge in [-0.3, -0.25) is 0 Å². The Morgan fingerprint density at radius 1 is 1.32 bits per heavy atom. The molecule has 4 nitrogen and oxygen atoms in total. The fourth-order valence-corrected chi connectivity index (χ4v) is 2.80. The Balaban J connectivity index is 1.62. The average molecular weight is 256 g/mol. The lowest BCUT2D eigenvalue weighted by atomic mass is 10.1. The third-order valence-corrected chi connectivity index (χ3v) is 3.88. The molecule has 1 N–H and O–H groups in total. The quantitative estimate of drug-likeness (QED) is 0.912. The number of rotatable bonds is 4. The van der Waals surface area contributed by atoms with E-state index in [9.17, 15) is 0 Å². The van der Waals surface area contributed by atoms with Gasteiger partial charge >= 0.3 is 0 Å². The van der Waals surface area contributed by atoms with Crippen molar-refractivity contribution in [2.45, 2.75) is 12.8 Å². The molecule has 4 heteroatoms. The van der Waals surface area contributed by atoms with Gasteiger partial charge in [-0.15, -0.1) is 0 Å².